The summed E-state index contributed by atoms with van der Waals surface area (Å²) in [6.07, 6.45) is 5.53. The third-order valence-corrected chi connectivity index (χ3v) is 2.99. The zero-order valence-corrected chi connectivity index (χ0v) is 9.72. The first-order chi connectivity index (χ1) is 7.83. The summed E-state index contributed by atoms with van der Waals surface area (Å²) in [5, 5.41) is 0.716. The molecule has 2 heteroatoms. The van der Waals surface area contributed by atoms with Crippen LogP contribution in [-0.4, -0.2) is 4.98 Å². The van der Waals surface area contributed by atoms with Crippen molar-refractivity contribution in [2.75, 3.05) is 0 Å². The van der Waals surface area contributed by atoms with Crippen LogP contribution in [0.2, 0.25) is 0 Å². The molecule has 0 unspecified atom stereocenters. The lowest BCUT2D eigenvalue weighted by atomic mass is 10.1. The summed E-state index contributed by atoms with van der Waals surface area (Å²) in [6, 6.07) is 7.56. The fourth-order valence-electron chi connectivity index (χ4n) is 2.06. The van der Waals surface area contributed by atoms with Crippen LogP contribution in [0.4, 0.5) is 4.39 Å². The Hall–Kier alpha value is -1.31. The van der Waals surface area contributed by atoms with Crippen molar-refractivity contribution in [3.8, 4) is 0 Å². The van der Waals surface area contributed by atoms with Gasteiger partial charge in [0.05, 0.1) is 5.69 Å². The van der Waals surface area contributed by atoms with E-state index in [9.17, 15) is 4.39 Å². The maximum Gasteiger partial charge on any atom is 0.151 e. The Morgan fingerprint density at radius 2 is 1.94 bits per heavy atom. The number of benzene rings is 1. The van der Waals surface area contributed by atoms with Crippen molar-refractivity contribution in [2.24, 2.45) is 0 Å². The lowest BCUT2D eigenvalue weighted by Gasteiger charge is -1.98. The first-order valence-electron chi connectivity index (χ1n) is 6.08. The molecule has 0 spiro atoms. The molecule has 0 saturated carbocycles. The van der Waals surface area contributed by atoms with E-state index in [2.05, 4.69) is 11.9 Å². The molecule has 1 aromatic carbocycles. The number of H-pyrrole nitrogens is 1. The number of aromatic amines is 1. The van der Waals surface area contributed by atoms with Crippen molar-refractivity contribution in [2.45, 2.75) is 39.0 Å². The molecule has 2 aromatic rings. The Morgan fingerprint density at radius 3 is 2.69 bits per heavy atom. The van der Waals surface area contributed by atoms with Gasteiger partial charge in [0.1, 0.15) is 0 Å². The number of aromatic nitrogens is 1. The normalized spacial score (nSPS) is 11.1. The fraction of sp³-hybridized carbons (Fsp3) is 0.429. The molecule has 1 aromatic heterocycles. The minimum absolute atomic E-state index is 0.0629. The Labute approximate surface area is 95.7 Å². The van der Waals surface area contributed by atoms with Crippen molar-refractivity contribution < 1.29 is 4.39 Å². The fourth-order valence-corrected chi connectivity index (χ4v) is 2.06. The van der Waals surface area contributed by atoms with E-state index in [4.69, 9.17) is 0 Å². The summed E-state index contributed by atoms with van der Waals surface area (Å²) in [4.78, 5) is 3.17. The summed E-state index contributed by atoms with van der Waals surface area (Å²) in [6.45, 7) is 2.18. The van der Waals surface area contributed by atoms with E-state index in [1.165, 1.54) is 19.3 Å². The van der Waals surface area contributed by atoms with E-state index in [0.29, 0.717) is 5.39 Å². The largest absolute Gasteiger partial charge is 0.356 e. The predicted molar refractivity (Wildman–Crippen MR) is 66.1 cm³/mol. The van der Waals surface area contributed by atoms with Gasteiger partial charge in [-0.05, 0) is 25.0 Å². The first kappa shape index (κ1) is 11.2. The minimum atomic E-state index is -0.0629. The van der Waals surface area contributed by atoms with Crippen LogP contribution in [0.15, 0.2) is 24.3 Å². The quantitative estimate of drug-likeness (QED) is 0.716. The molecule has 1 N–H and O–H groups in total. The third kappa shape index (κ3) is 2.26. The summed E-state index contributed by atoms with van der Waals surface area (Å²) >= 11 is 0. The van der Waals surface area contributed by atoms with E-state index in [0.717, 1.165) is 24.1 Å². The minimum Gasteiger partial charge on any atom is -0.356 e. The molecule has 0 atom stereocenters. The van der Waals surface area contributed by atoms with Gasteiger partial charge < -0.3 is 4.98 Å². The zero-order valence-electron chi connectivity index (χ0n) is 9.72. The SMILES string of the molecule is CCCCCCc1[nH]c2ccccc2c1F. The summed E-state index contributed by atoms with van der Waals surface area (Å²) in [7, 11) is 0. The van der Waals surface area contributed by atoms with Crippen LogP contribution >= 0.6 is 0 Å². The van der Waals surface area contributed by atoms with Crippen LogP contribution < -0.4 is 0 Å². The number of rotatable bonds is 5. The van der Waals surface area contributed by atoms with Gasteiger partial charge in [-0.3, -0.25) is 0 Å². The van der Waals surface area contributed by atoms with Gasteiger partial charge in [-0.1, -0.05) is 38.3 Å². The first-order valence-corrected chi connectivity index (χ1v) is 6.08. The number of hydrogen-bond acceptors (Lipinski definition) is 0. The van der Waals surface area contributed by atoms with E-state index in [1.807, 2.05) is 24.3 Å². The van der Waals surface area contributed by atoms with Crippen LogP contribution in [0, 0.1) is 5.82 Å². The summed E-state index contributed by atoms with van der Waals surface area (Å²) < 4.78 is 13.9. The Balaban J connectivity index is 2.09. The van der Waals surface area contributed by atoms with Crippen LogP contribution in [0.5, 0.6) is 0 Å². The maximum atomic E-state index is 13.9. The van der Waals surface area contributed by atoms with E-state index in [1.54, 1.807) is 0 Å². The van der Waals surface area contributed by atoms with Gasteiger partial charge in [-0.2, -0.15) is 0 Å². The molecule has 2 rings (SSSR count). The lowest BCUT2D eigenvalue weighted by molar-refractivity contribution is 0.598. The molecule has 0 saturated heterocycles. The van der Waals surface area contributed by atoms with E-state index >= 15 is 0 Å². The molecule has 0 aliphatic carbocycles. The average molecular weight is 219 g/mol. The number of aryl methyl sites for hydroxylation is 1. The maximum absolute atomic E-state index is 13.9. The monoisotopic (exact) mass is 219 g/mol. The molecular weight excluding hydrogens is 201 g/mol. The molecule has 16 heavy (non-hydrogen) atoms. The van der Waals surface area contributed by atoms with Crippen molar-refractivity contribution in [1.82, 2.24) is 4.98 Å². The highest BCUT2D eigenvalue weighted by Crippen LogP contribution is 2.21. The van der Waals surface area contributed by atoms with Crippen molar-refractivity contribution >= 4 is 10.9 Å². The summed E-state index contributed by atoms with van der Waals surface area (Å²) in [5.41, 5.74) is 1.67. The number of fused-ring (bicyclic) bond motifs is 1. The number of halogens is 1. The molecule has 0 radical (unpaired) electrons. The Morgan fingerprint density at radius 1 is 1.12 bits per heavy atom. The molecule has 0 aliphatic heterocycles. The Kier molecular flexibility index (Phi) is 3.60. The average Bonchev–Trinajstić information content (AvgIpc) is 2.63. The molecule has 0 amide bonds. The number of nitrogens with one attached hydrogen (secondary N) is 1. The van der Waals surface area contributed by atoms with Gasteiger partial charge in [0.15, 0.2) is 5.82 Å². The number of unbranched alkanes of at least 4 members (excludes halogenated alkanes) is 3. The highest BCUT2D eigenvalue weighted by molar-refractivity contribution is 5.81. The zero-order chi connectivity index (χ0) is 11.4. The smallest absolute Gasteiger partial charge is 0.151 e. The molecule has 1 heterocycles. The predicted octanol–water partition coefficient (Wildman–Crippen LogP) is 4.43. The second-order valence-electron chi connectivity index (χ2n) is 4.27. The van der Waals surface area contributed by atoms with Crippen LogP contribution in [0.1, 0.15) is 38.3 Å². The van der Waals surface area contributed by atoms with E-state index < -0.39 is 0 Å². The molecule has 0 bridgehead atoms. The molecule has 0 aliphatic rings. The molecular formula is C14H18FN. The third-order valence-electron chi connectivity index (χ3n) is 2.99. The standard InChI is InChI=1S/C14H18FN/c1-2-3-4-5-10-13-14(15)11-8-6-7-9-12(11)16-13/h6-9,16H,2-5,10H2,1H3. The highest BCUT2D eigenvalue weighted by Gasteiger charge is 2.09. The molecule has 86 valence electrons. The van der Waals surface area contributed by atoms with Gasteiger partial charge in [0.25, 0.3) is 0 Å². The van der Waals surface area contributed by atoms with Crippen molar-refractivity contribution in [3.63, 3.8) is 0 Å². The lowest BCUT2D eigenvalue weighted by Crippen LogP contribution is -1.89. The van der Waals surface area contributed by atoms with Gasteiger partial charge in [0, 0.05) is 10.9 Å². The number of hydrogen-bond donors (Lipinski definition) is 1. The van der Waals surface area contributed by atoms with Gasteiger partial charge in [-0.15, -0.1) is 0 Å². The second-order valence-corrected chi connectivity index (χ2v) is 4.27. The molecule has 1 nitrogen and oxygen atoms in total. The molecule has 0 fully saturated rings. The van der Waals surface area contributed by atoms with Gasteiger partial charge in [-0.25, -0.2) is 4.39 Å². The van der Waals surface area contributed by atoms with Crippen molar-refractivity contribution in [1.29, 1.82) is 0 Å². The Bertz CT molecular complexity index is 459. The topological polar surface area (TPSA) is 15.8 Å². The van der Waals surface area contributed by atoms with E-state index in [-0.39, 0.29) is 5.82 Å². The highest BCUT2D eigenvalue weighted by atomic mass is 19.1. The second kappa shape index (κ2) is 5.15. The van der Waals surface area contributed by atoms with Gasteiger partial charge in [0.2, 0.25) is 0 Å². The van der Waals surface area contributed by atoms with Crippen LogP contribution in [0.25, 0.3) is 10.9 Å². The van der Waals surface area contributed by atoms with Crippen LogP contribution in [0.3, 0.4) is 0 Å². The van der Waals surface area contributed by atoms with Gasteiger partial charge >= 0.3 is 0 Å². The van der Waals surface area contributed by atoms with Crippen molar-refractivity contribution in [3.05, 3.63) is 35.8 Å². The summed E-state index contributed by atoms with van der Waals surface area (Å²) in [5.74, 6) is -0.0629. The van der Waals surface area contributed by atoms with Crippen LogP contribution in [-0.2, 0) is 6.42 Å². The number of para-hydroxylation sites is 1.